The van der Waals surface area contributed by atoms with E-state index in [1.807, 2.05) is 13.0 Å². The van der Waals surface area contributed by atoms with Crippen molar-refractivity contribution in [3.63, 3.8) is 0 Å². The van der Waals surface area contributed by atoms with Gasteiger partial charge in [0.1, 0.15) is 5.78 Å². The highest BCUT2D eigenvalue weighted by atomic mass is 16.3. The molecule has 0 aromatic heterocycles. The molecule has 0 aromatic rings. The number of hydrogen-bond acceptors (Lipinski definition) is 4. The lowest BCUT2D eigenvalue weighted by molar-refractivity contribution is -0.159. The van der Waals surface area contributed by atoms with Crippen molar-refractivity contribution >= 4 is 11.6 Å². The molecule has 0 amide bonds. The molecule has 0 aliphatic heterocycles. The molecule has 3 fully saturated rings. The number of aliphatic hydroxyl groups excluding tert-OH is 2. The van der Waals surface area contributed by atoms with Gasteiger partial charge < -0.3 is 10.2 Å². The summed E-state index contributed by atoms with van der Waals surface area (Å²) in [5.41, 5.74) is -0.0430. The van der Waals surface area contributed by atoms with Gasteiger partial charge in [0, 0.05) is 11.8 Å². The molecule has 0 unspecified atom stereocenters. The number of fused-ring (bicyclic) bond motifs is 5. The molecule has 124 valence electrons. The van der Waals surface area contributed by atoms with Crippen LogP contribution in [-0.4, -0.2) is 34.0 Å². The molecule has 4 heteroatoms. The first kappa shape index (κ1) is 15.3. The Balaban J connectivity index is 1.80. The third-order valence-electron chi connectivity index (χ3n) is 7.40. The third-order valence-corrected chi connectivity index (χ3v) is 7.40. The lowest BCUT2D eigenvalue weighted by Crippen LogP contribution is -2.59. The molecule has 3 saturated carbocycles. The summed E-state index contributed by atoms with van der Waals surface area (Å²) in [6, 6.07) is 0. The highest BCUT2D eigenvalue weighted by Crippen LogP contribution is 2.63. The first-order chi connectivity index (χ1) is 10.8. The fourth-order valence-corrected chi connectivity index (χ4v) is 5.93. The lowest BCUT2D eigenvalue weighted by Gasteiger charge is -2.58. The molecule has 23 heavy (non-hydrogen) atoms. The maximum atomic E-state index is 12.4. The molecule has 7 atom stereocenters. The van der Waals surface area contributed by atoms with Crippen LogP contribution in [0.3, 0.4) is 0 Å². The van der Waals surface area contributed by atoms with Crippen LogP contribution in [0.2, 0.25) is 0 Å². The standard InChI is InChI=1S/C19H24O4/c1-18-6-5-11(20)7-10(18)8-14(21)17-12-3-4-15(22)19(12,2)16(23)9-13(17)18/h5-7,12-14,16-17,21,23H,3-4,8-9H2,1-2H3/t12-,13-,14+,16+,17-,18-,19-/m0/s1. The summed E-state index contributed by atoms with van der Waals surface area (Å²) >= 11 is 0. The van der Waals surface area contributed by atoms with Crippen molar-refractivity contribution in [3.8, 4) is 0 Å². The van der Waals surface area contributed by atoms with Crippen molar-refractivity contribution in [2.45, 2.75) is 51.7 Å². The summed E-state index contributed by atoms with van der Waals surface area (Å²) in [4.78, 5) is 24.1. The second kappa shape index (κ2) is 4.64. The normalized spacial score (nSPS) is 51.8. The largest absolute Gasteiger partial charge is 0.392 e. The smallest absolute Gasteiger partial charge is 0.178 e. The molecule has 4 aliphatic rings. The highest BCUT2D eigenvalue weighted by Gasteiger charge is 2.64. The summed E-state index contributed by atoms with van der Waals surface area (Å²) < 4.78 is 0. The van der Waals surface area contributed by atoms with Gasteiger partial charge in [-0.3, -0.25) is 9.59 Å². The predicted molar refractivity (Wildman–Crippen MR) is 84.4 cm³/mol. The SMILES string of the molecule is C[C@@]12C(=O)CC[C@H]1[C@@H]1[C@H](O)CC3=CC(=O)C=C[C@]3(C)[C@H]1C[C@H]2O. The average molecular weight is 316 g/mol. The third kappa shape index (κ3) is 1.79. The molecule has 4 aliphatic carbocycles. The van der Waals surface area contributed by atoms with Crippen molar-refractivity contribution in [3.05, 3.63) is 23.8 Å². The lowest BCUT2D eigenvalue weighted by atomic mass is 9.47. The fraction of sp³-hybridized carbons (Fsp3) is 0.684. The summed E-state index contributed by atoms with van der Waals surface area (Å²) in [5, 5.41) is 21.6. The van der Waals surface area contributed by atoms with Crippen LogP contribution in [0.4, 0.5) is 0 Å². The van der Waals surface area contributed by atoms with E-state index in [9.17, 15) is 19.8 Å². The van der Waals surface area contributed by atoms with E-state index in [0.29, 0.717) is 19.3 Å². The highest BCUT2D eigenvalue weighted by molar-refractivity contribution is 6.01. The molecular weight excluding hydrogens is 292 g/mol. The number of allylic oxidation sites excluding steroid dienone is 3. The Kier molecular flexibility index (Phi) is 3.08. The average Bonchev–Trinajstić information content (AvgIpc) is 2.80. The van der Waals surface area contributed by atoms with E-state index in [-0.39, 0.29) is 34.7 Å². The van der Waals surface area contributed by atoms with Gasteiger partial charge in [-0.15, -0.1) is 0 Å². The minimum Gasteiger partial charge on any atom is -0.392 e. The van der Waals surface area contributed by atoms with Gasteiger partial charge in [-0.1, -0.05) is 18.6 Å². The predicted octanol–water partition coefficient (Wildman–Crippen LogP) is 1.81. The number of carbonyl (C=O) groups excluding carboxylic acids is 2. The summed E-state index contributed by atoms with van der Waals surface area (Å²) in [7, 11) is 0. The molecule has 0 aromatic carbocycles. The van der Waals surface area contributed by atoms with E-state index >= 15 is 0 Å². The van der Waals surface area contributed by atoms with Gasteiger partial charge in [-0.05, 0) is 56.1 Å². The van der Waals surface area contributed by atoms with Gasteiger partial charge >= 0.3 is 0 Å². The van der Waals surface area contributed by atoms with Crippen LogP contribution in [0, 0.1) is 28.6 Å². The molecule has 4 nitrogen and oxygen atoms in total. The first-order valence-corrected chi connectivity index (χ1v) is 8.62. The molecule has 2 N–H and O–H groups in total. The monoisotopic (exact) mass is 316 g/mol. The Morgan fingerprint density at radius 3 is 2.65 bits per heavy atom. The number of Topliss-reactive ketones (excluding diaryl/α,β-unsaturated/α-hetero) is 1. The van der Waals surface area contributed by atoms with Gasteiger partial charge in [0.2, 0.25) is 0 Å². The second-order valence-corrected chi connectivity index (χ2v) is 8.25. The van der Waals surface area contributed by atoms with Crippen LogP contribution in [0.5, 0.6) is 0 Å². The van der Waals surface area contributed by atoms with Crippen LogP contribution < -0.4 is 0 Å². The van der Waals surface area contributed by atoms with Gasteiger partial charge in [0.15, 0.2) is 5.78 Å². The Labute approximate surface area is 136 Å². The molecule has 0 bridgehead atoms. The minimum atomic E-state index is -0.714. The topological polar surface area (TPSA) is 74.6 Å². The van der Waals surface area contributed by atoms with Crippen molar-refractivity contribution in [1.29, 1.82) is 0 Å². The second-order valence-electron chi connectivity index (χ2n) is 8.25. The fourth-order valence-electron chi connectivity index (χ4n) is 5.93. The Morgan fingerprint density at radius 1 is 1.17 bits per heavy atom. The number of rotatable bonds is 0. The molecule has 4 rings (SSSR count). The number of hydrogen-bond donors (Lipinski definition) is 2. The quantitative estimate of drug-likeness (QED) is 0.715. The van der Waals surface area contributed by atoms with E-state index in [1.165, 1.54) is 0 Å². The van der Waals surface area contributed by atoms with E-state index in [0.717, 1.165) is 12.0 Å². The maximum Gasteiger partial charge on any atom is 0.178 e. The summed E-state index contributed by atoms with van der Waals surface area (Å²) in [5.74, 6) is 0.223. The van der Waals surface area contributed by atoms with Gasteiger partial charge in [-0.2, -0.15) is 0 Å². The summed E-state index contributed by atoms with van der Waals surface area (Å²) in [6.07, 6.45) is 6.26. The van der Waals surface area contributed by atoms with Gasteiger partial charge in [0.05, 0.1) is 17.6 Å². The molecular formula is C19H24O4. The van der Waals surface area contributed by atoms with Crippen LogP contribution in [0.1, 0.15) is 39.5 Å². The number of carbonyl (C=O) groups is 2. The van der Waals surface area contributed by atoms with E-state index < -0.39 is 17.6 Å². The molecule has 0 spiro atoms. The van der Waals surface area contributed by atoms with Crippen molar-refractivity contribution in [1.82, 2.24) is 0 Å². The van der Waals surface area contributed by atoms with Crippen LogP contribution in [0.25, 0.3) is 0 Å². The van der Waals surface area contributed by atoms with Gasteiger partial charge in [-0.25, -0.2) is 0 Å². The molecule has 0 radical (unpaired) electrons. The van der Waals surface area contributed by atoms with Crippen LogP contribution >= 0.6 is 0 Å². The van der Waals surface area contributed by atoms with Crippen LogP contribution in [-0.2, 0) is 9.59 Å². The van der Waals surface area contributed by atoms with E-state index in [1.54, 1.807) is 12.2 Å². The van der Waals surface area contributed by atoms with Gasteiger partial charge in [0.25, 0.3) is 0 Å². The van der Waals surface area contributed by atoms with E-state index in [4.69, 9.17) is 0 Å². The summed E-state index contributed by atoms with van der Waals surface area (Å²) in [6.45, 7) is 3.99. The zero-order valence-electron chi connectivity index (χ0n) is 13.7. The zero-order valence-corrected chi connectivity index (χ0v) is 13.7. The van der Waals surface area contributed by atoms with Crippen molar-refractivity contribution in [2.75, 3.05) is 0 Å². The minimum absolute atomic E-state index is 0.00912. The zero-order chi connectivity index (χ0) is 16.6. The Morgan fingerprint density at radius 2 is 1.91 bits per heavy atom. The molecule has 0 heterocycles. The van der Waals surface area contributed by atoms with Crippen molar-refractivity contribution < 1.29 is 19.8 Å². The van der Waals surface area contributed by atoms with Crippen molar-refractivity contribution in [2.24, 2.45) is 28.6 Å². The number of aliphatic hydroxyl groups is 2. The Hall–Kier alpha value is -1.26. The first-order valence-electron chi connectivity index (χ1n) is 8.62. The molecule has 0 saturated heterocycles. The van der Waals surface area contributed by atoms with Crippen LogP contribution in [0.15, 0.2) is 23.8 Å². The van der Waals surface area contributed by atoms with E-state index in [2.05, 4.69) is 6.92 Å². The Bertz CT molecular complexity index is 648. The maximum absolute atomic E-state index is 12.4. The number of ketones is 2.